The number of carbonyl (C=O) groups excluding carboxylic acids is 1. The molecule has 1 aliphatic rings. The van der Waals surface area contributed by atoms with Crippen LogP contribution >= 0.6 is 0 Å². The van der Waals surface area contributed by atoms with Gasteiger partial charge < -0.3 is 0 Å². The van der Waals surface area contributed by atoms with Gasteiger partial charge in [0.05, 0.1) is 0 Å². The summed E-state index contributed by atoms with van der Waals surface area (Å²) in [7, 11) is 0. The molecule has 1 unspecified atom stereocenters. The third-order valence-corrected chi connectivity index (χ3v) is 6.29. The largest absolute Gasteiger partial charge is 0.294 e. The van der Waals surface area contributed by atoms with Gasteiger partial charge in [-0.05, 0) is 34.7 Å². The quantitative estimate of drug-likeness (QED) is 0.331. The lowest BCUT2D eigenvalue weighted by molar-refractivity contribution is 0.0971. The molecule has 0 heterocycles. The molecule has 4 aromatic carbocycles. The van der Waals surface area contributed by atoms with Crippen LogP contribution in [-0.2, 0) is 0 Å². The highest BCUT2D eigenvalue weighted by atomic mass is 16.1. The number of hydrogen-bond donors (Lipinski definition) is 0. The third-order valence-electron chi connectivity index (χ3n) is 6.29. The van der Waals surface area contributed by atoms with E-state index >= 15 is 0 Å². The molecule has 4 aromatic rings. The second-order valence-electron chi connectivity index (χ2n) is 8.16. The number of fused-ring (bicyclic) bond motifs is 3. The van der Waals surface area contributed by atoms with Crippen LogP contribution in [0.1, 0.15) is 50.9 Å². The summed E-state index contributed by atoms with van der Waals surface area (Å²) < 4.78 is 0. The Hall–Kier alpha value is -3.45. The first-order valence-electron chi connectivity index (χ1n) is 10.6. The second kappa shape index (κ2) is 7.76. The van der Waals surface area contributed by atoms with Gasteiger partial charge in [-0.3, -0.25) is 4.79 Å². The maximum atomic E-state index is 13.3. The van der Waals surface area contributed by atoms with Crippen molar-refractivity contribution in [3.05, 3.63) is 131 Å². The molecule has 1 nitrogen and oxygen atoms in total. The van der Waals surface area contributed by atoms with Gasteiger partial charge in [-0.2, -0.15) is 0 Å². The minimum absolute atomic E-state index is 0.0862. The number of hydrogen-bond acceptors (Lipinski definition) is 1. The Morgan fingerprint density at radius 2 is 1.23 bits per heavy atom. The zero-order chi connectivity index (χ0) is 20.5. The topological polar surface area (TPSA) is 17.1 Å². The van der Waals surface area contributed by atoms with Crippen molar-refractivity contribution in [1.29, 1.82) is 0 Å². The van der Waals surface area contributed by atoms with Crippen LogP contribution in [0.4, 0.5) is 0 Å². The Balaban J connectivity index is 1.63. The highest BCUT2D eigenvalue weighted by molar-refractivity contribution is 5.97. The van der Waals surface area contributed by atoms with E-state index in [-0.39, 0.29) is 17.6 Å². The van der Waals surface area contributed by atoms with Crippen molar-refractivity contribution in [2.24, 2.45) is 0 Å². The monoisotopic (exact) mass is 388 g/mol. The van der Waals surface area contributed by atoms with E-state index in [2.05, 4.69) is 79.7 Å². The van der Waals surface area contributed by atoms with Gasteiger partial charge in [0.1, 0.15) is 0 Å². The molecule has 1 heteroatoms. The van der Waals surface area contributed by atoms with Crippen LogP contribution in [0.3, 0.4) is 0 Å². The molecule has 0 aromatic heterocycles. The Morgan fingerprint density at radius 1 is 0.700 bits per heavy atom. The molecule has 0 bridgehead atoms. The molecule has 0 saturated carbocycles. The summed E-state index contributed by atoms with van der Waals surface area (Å²) in [5.41, 5.74) is 8.48. The normalized spacial score (nSPS) is 13.5. The summed E-state index contributed by atoms with van der Waals surface area (Å²) in [6.45, 7) is 2.11. The molecule has 0 aliphatic heterocycles. The molecule has 1 atom stereocenters. The van der Waals surface area contributed by atoms with Gasteiger partial charge in [-0.1, -0.05) is 109 Å². The first-order chi connectivity index (χ1) is 14.7. The standard InChI is InChI=1S/C29H24O/c1-20-15-17-21(18-16-20)27(19-28(30)22-9-3-2-4-10-22)29-25-13-7-5-11-23(25)24-12-6-8-14-26(24)29/h2-18,27,29H,19H2,1H3. The first-order valence-corrected chi connectivity index (χ1v) is 10.6. The molecule has 0 saturated heterocycles. The van der Waals surface area contributed by atoms with Crippen LogP contribution in [0.5, 0.6) is 0 Å². The first kappa shape index (κ1) is 18.6. The van der Waals surface area contributed by atoms with Crippen molar-refractivity contribution in [2.75, 3.05) is 0 Å². The Bertz CT molecular complexity index is 1140. The number of carbonyl (C=O) groups is 1. The van der Waals surface area contributed by atoms with Crippen LogP contribution in [0, 0.1) is 6.92 Å². The SMILES string of the molecule is Cc1ccc(C(CC(=O)c2ccccc2)C2c3ccccc3-c3ccccc32)cc1. The minimum atomic E-state index is 0.0862. The molecule has 0 amide bonds. The summed E-state index contributed by atoms with van der Waals surface area (Å²) in [5, 5.41) is 0. The lowest BCUT2D eigenvalue weighted by Crippen LogP contribution is -2.15. The van der Waals surface area contributed by atoms with E-state index in [0.29, 0.717) is 6.42 Å². The van der Waals surface area contributed by atoms with Crippen LogP contribution in [0.25, 0.3) is 11.1 Å². The van der Waals surface area contributed by atoms with Gasteiger partial charge in [0.25, 0.3) is 0 Å². The van der Waals surface area contributed by atoms with E-state index in [9.17, 15) is 4.79 Å². The van der Waals surface area contributed by atoms with Crippen LogP contribution in [0.2, 0.25) is 0 Å². The average Bonchev–Trinajstić information content (AvgIpc) is 3.13. The molecule has 0 N–H and O–H groups in total. The van der Waals surface area contributed by atoms with E-state index in [1.54, 1.807) is 0 Å². The fourth-order valence-electron chi connectivity index (χ4n) is 4.81. The molecule has 146 valence electrons. The van der Waals surface area contributed by atoms with Crippen molar-refractivity contribution in [3.8, 4) is 11.1 Å². The highest BCUT2D eigenvalue weighted by Gasteiger charge is 2.36. The van der Waals surface area contributed by atoms with Crippen LogP contribution < -0.4 is 0 Å². The third kappa shape index (κ3) is 3.27. The number of Topliss-reactive ketones (excluding diaryl/α,β-unsaturated/α-hetero) is 1. The molecule has 0 spiro atoms. The summed E-state index contributed by atoms with van der Waals surface area (Å²) >= 11 is 0. The Morgan fingerprint density at radius 3 is 1.83 bits per heavy atom. The van der Waals surface area contributed by atoms with Gasteiger partial charge in [-0.15, -0.1) is 0 Å². The van der Waals surface area contributed by atoms with Crippen LogP contribution in [0.15, 0.2) is 103 Å². The number of benzene rings is 4. The van der Waals surface area contributed by atoms with E-state index in [4.69, 9.17) is 0 Å². The maximum Gasteiger partial charge on any atom is 0.163 e. The van der Waals surface area contributed by atoms with Crippen molar-refractivity contribution in [3.63, 3.8) is 0 Å². The summed E-state index contributed by atoms with van der Waals surface area (Å²) in [5.74, 6) is 0.457. The lowest BCUT2D eigenvalue weighted by atomic mass is 9.76. The maximum absolute atomic E-state index is 13.3. The molecular weight excluding hydrogens is 364 g/mol. The second-order valence-corrected chi connectivity index (χ2v) is 8.16. The van der Waals surface area contributed by atoms with E-state index < -0.39 is 0 Å². The fourth-order valence-corrected chi connectivity index (χ4v) is 4.81. The number of aryl methyl sites for hydroxylation is 1. The Kier molecular flexibility index (Phi) is 4.80. The van der Waals surface area contributed by atoms with E-state index in [1.165, 1.54) is 33.4 Å². The number of ketones is 1. The minimum Gasteiger partial charge on any atom is -0.294 e. The smallest absolute Gasteiger partial charge is 0.163 e. The zero-order valence-electron chi connectivity index (χ0n) is 17.1. The molecule has 0 radical (unpaired) electrons. The summed E-state index contributed by atoms with van der Waals surface area (Å²) in [6, 6.07) is 35.7. The molecule has 5 rings (SSSR count). The predicted octanol–water partition coefficient (Wildman–Crippen LogP) is 7.16. The van der Waals surface area contributed by atoms with Gasteiger partial charge in [-0.25, -0.2) is 0 Å². The fraction of sp³-hybridized carbons (Fsp3) is 0.138. The van der Waals surface area contributed by atoms with Gasteiger partial charge in [0, 0.05) is 23.8 Å². The van der Waals surface area contributed by atoms with Gasteiger partial charge >= 0.3 is 0 Å². The average molecular weight is 389 g/mol. The predicted molar refractivity (Wildman–Crippen MR) is 123 cm³/mol. The van der Waals surface area contributed by atoms with Gasteiger partial charge in [0.2, 0.25) is 0 Å². The molecule has 1 aliphatic carbocycles. The Labute approximate surface area is 178 Å². The number of rotatable bonds is 5. The van der Waals surface area contributed by atoms with Crippen molar-refractivity contribution in [2.45, 2.75) is 25.2 Å². The molecule has 30 heavy (non-hydrogen) atoms. The van der Waals surface area contributed by atoms with Gasteiger partial charge in [0.15, 0.2) is 5.78 Å². The van der Waals surface area contributed by atoms with Crippen molar-refractivity contribution >= 4 is 5.78 Å². The molecular formula is C29H24O. The van der Waals surface area contributed by atoms with E-state index in [1.807, 2.05) is 30.3 Å². The van der Waals surface area contributed by atoms with E-state index in [0.717, 1.165) is 5.56 Å². The zero-order valence-corrected chi connectivity index (χ0v) is 17.1. The summed E-state index contributed by atoms with van der Waals surface area (Å²) in [4.78, 5) is 13.3. The highest BCUT2D eigenvalue weighted by Crippen LogP contribution is 2.52. The summed E-state index contributed by atoms with van der Waals surface area (Å²) in [6.07, 6.45) is 0.487. The molecule has 0 fully saturated rings. The lowest BCUT2D eigenvalue weighted by Gasteiger charge is -2.26. The van der Waals surface area contributed by atoms with Crippen molar-refractivity contribution in [1.82, 2.24) is 0 Å². The van der Waals surface area contributed by atoms with Crippen LogP contribution in [-0.4, -0.2) is 5.78 Å². The van der Waals surface area contributed by atoms with Crippen molar-refractivity contribution < 1.29 is 4.79 Å².